The first-order valence-electron chi connectivity index (χ1n) is 14.5. The Morgan fingerprint density at radius 1 is 1.13 bits per heavy atom. The molecule has 5 nitrogen and oxygen atoms in total. The maximum absolute atomic E-state index is 11.7. The summed E-state index contributed by atoms with van der Waals surface area (Å²) in [5.74, 6) is 3.80. The number of carbonyl (C=O) groups excluding carboxylic acids is 1. The molecule has 0 heterocycles. The topological polar surface area (TPSA) is 76.7 Å². The molecule has 4 aliphatic carbocycles. The van der Waals surface area contributed by atoms with Gasteiger partial charge in [0.05, 0.1) is 5.71 Å². The summed E-state index contributed by atoms with van der Waals surface area (Å²) in [6, 6.07) is 0. The summed E-state index contributed by atoms with van der Waals surface area (Å²) in [5, 5.41) is 5.04. The number of nitrogens with two attached hydrogens (primary N) is 1. The van der Waals surface area contributed by atoms with E-state index >= 15 is 0 Å². The van der Waals surface area contributed by atoms with Gasteiger partial charge in [0, 0.05) is 19.3 Å². The minimum absolute atomic E-state index is 0. The number of nitrogens with one attached hydrogen (secondary N) is 1. The van der Waals surface area contributed by atoms with Gasteiger partial charge in [-0.05, 0) is 97.2 Å². The molecule has 0 aromatic rings. The SMILES string of the molecule is CC(=O)O[C@H]1CC[C@@]2(C)C(=C/C(=N\NC(N)=S)C3C2CC[C@@]2(C)C3CC[C@@H]2[C@H](C)CCCC(C)C)C1.[Cl-].[Cl-].[Zn+2]. The van der Waals surface area contributed by atoms with Crippen LogP contribution in [0, 0.1) is 46.3 Å². The van der Waals surface area contributed by atoms with Gasteiger partial charge in [0.2, 0.25) is 0 Å². The van der Waals surface area contributed by atoms with Crippen LogP contribution in [0.3, 0.4) is 0 Å². The van der Waals surface area contributed by atoms with Crippen molar-refractivity contribution in [2.24, 2.45) is 57.2 Å². The number of ether oxygens (including phenoxy) is 1. The largest absolute Gasteiger partial charge is 2.00 e. The summed E-state index contributed by atoms with van der Waals surface area (Å²) in [6.07, 6.45) is 14.3. The van der Waals surface area contributed by atoms with Gasteiger partial charge < -0.3 is 35.3 Å². The molecule has 0 spiro atoms. The summed E-state index contributed by atoms with van der Waals surface area (Å²) in [5.41, 5.74) is 11.8. The van der Waals surface area contributed by atoms with E-state index in [4.69, 9.17) is 27.8 Å². The Bertz CT molecular complexity index is 932. The van der Waals surface area contributed by atoms with Crippen molar-refractivity contribution in [1.29, 1.82) is 0 Å². The van der Waals surface area contributed by atoms with Crippen LogP contribution in [0.4, 0.5) is 0 Å². The van der Waals surface area contributed by atoms with E-state index in [1.54, 1.807) is 0 Å². The fourth-order valence-electron chi connectivity index (χ4n) is 8.98. The molecule has 3 unspecified atom stereocenters. The molecule has 0 bridgehead atoms. The van der Waals surface area contributed by atoms with E-state index in [0.29, 0.717) is 23.2 Å². The summed E-state index contributed by atoms with van der Waals surface area (Å²) in [6.45, 7) is 13.8. The molecule has 0 aromatic heterocycles. The van der Waals surface area contributed by atoms with Gasteiger partial charge in [-0.1, -0.05) is 59.5 Å². The van der Waals surface area contributed by atoms with Crippen LogP contribution in [0.5, 0.6) is 0 Å². The standard InChI is InChI=1S/C30H49N3O2S.2ClH.Zn/c1-18(2)8-7-9-19(3)23-10-11-24-27-25(13-15-30(23,24)6)29(5)14-12-22(35-20(4)34)16-21(29)17-26(27)32-33-28(31)36;;;/h17-19,22-25,27H,7-16H2,1-6H3,(H3,31,33,36);2*1H;/q;;;+2/p-2/b32-26+;;;/t19-,22+,23-,24?,25?,27?,29+,30-;;;/m1.../s1. The van der Waals surface area contributed by atoms with E-state index in [1.165, 1.54) is 57.4 Å². The quantitative estimate of drug-likeness (QED) is 0.184. The minimum atomic E-state index is -0.185. The number of rotatable bonds is 7. The Labute approximate surface area is 267 Å². The van der Waals surface area contributed by atoms with Crippen molar-refractivity contribution >= 4 is 29.0 Å². The third-order valence-corrected chi connectivity index (χ3v) is 10.8. The van der Waals surface area contributed by atoms with Gasteiger partial charge in [-0.25, -0.2) is 0 Å². The molecule has 39 heavy (non-hydrogen) atoms. The van der Waals surface area contributed by atoms with Gasteiger partial charge in [-0.2, -0.15) is 5.10 Å². The first-order valence-corrected chi connectivity index (χ1v) is 14.9. The molecule has 3 fully saturated rings. The second kappa shape index (κ2) is 14.8. The molecule has 3 N–H and O–H groups in total. The number of esters is 1. The van der Waals surface area contributed by atoms with Gasteiger partial charge in [0.1, 0.15) is 6.10 Å². The predicted molar refractivity (Wildman–Crippen MR) is 151 cm³/mol. The molecule has 0 aromatic carbocycles. The predicted octanol–water partition coefficient (Wildman–Crippen LogP) is 0.764. The number of hydrazone groups is 1. The Morgan fingerprint density at radius 2 is 1.82 bits per heavy atom. The van der Waals surface area contributed by atoms with Crippen LogP contribution < -0.4 is 36.0 Å². The molecular formula is C30H49Cl2N3O2SZn. The number of carbonyl (C=O) groups is 1. The second-order valence-corrected chi connectivity index (χ2v) is 13.8. The molecule has 4 aliphatic rings. The van der Waals surface area contributed by atoms with E-state index in [2.05, 4.69) is 46.1 Å². The Kier molecular flexibility index (Phi) is 14.0. The van der Waals surface area contributed by atoms with Gasteiger partial charge in [0.15, 0.2) is 5.11 Å². The molecule has 0 amide bonds. The zero-order valence-electron chi connectivity index (χ0n) is 24.9. The molecule has 218 valence electrons. The number of nitrogens with zero attached hydrogens (tertiary/aromatic N) is 1. The zero-order valence-corrected chi connectivity index (χ0v) is 30.2. The number of hydrogen-bond acceptors (Lipinski definition) is 4. The number of fused-ring (bicyclic) bond motifs is 5. The molecule has 9 heteroatoms. The van der Waals surface area contributed by atoms with Crippen LogP contribution in [0.1, 0.15) is 106 Å². The average molecular weight is 652 g/mol. The van der Waals surface area contributed by atoms with Crippen LogP contribution in [-0.4, -0.2) is 22.9 Å². The van der Waals surface area contributed by atoms with Gasteiger partial charge in [-0.15, -0.1) is 0 Å². The van der Waals surface area contributed by atoms with Crippen molar-refractivity contribution < 1.29 is 53.8 Å². The van der Waals surface area contributed by atoms with Crippen LogP contribution in [0.15, 0.2) is 16.8 Å². The van der Waals surface area contributed by atoms with Crippen LogP contribution in [0.25, 0.3) is 0 Å². The van der Waals surface area contributed by atoms with E-state index in [1.807, 2.05) is 0 Å². The molecule has 0 aliphatic heterocycles. The van der Waals surface area contributed by atoms with E-state index in [0.717, 1.165) is 42.7 Å². The Morgan fingerprint density at radius 3 is 2.44 bits per heavy atom. The van der Waals surface area contributed by atoms with Crippen molar-refractivity contribution in [2.75, 3.05) is 0 Å². The maximum atomic E-state index is 11.7. The molecular weight excluding hydrogens is 603 g/mol. The van der Waals surface area contributed by atoms with Gasteiger partial charge in [-0.3, -0.25) is 10.2 Å². The average Bonchev–Trinajstić information content (AvgIpc) is 3.14. The van der Waals surface area contributed by atoms with Crippen molar-refractivity contribution in [2.45, 2.75) is 112 Å². The fourth-order valence-corrected chi connectivity index (χ4v) is 9.02. The molecule has 8 atom stereocenters. The zero-order chi connectivity index (χ0) is 26.3. The van der Waals surface area contributed by atoms with E-state index < -0.39 is 0 Å². The monoisotopic (exact) mass is 649 g/mol. The first kappa shape index (κ1) is 36.8. The van der Waals surface area contributed by atoms with Crippen molar-refractivity contribution in [3.05, 3.63) is 11.6 Å². The number of allylic oxidation sites excluding steroid dienone is 1. The molecule has 3 saturated carbocycles. The maximum Gasteiger partial charge on any atom is 2.00 e. The molecule has 4 rings (SSSR count). The Hall–Kier alpha value is -0.227. The Balaban J connectivity index is 0.00000253. The summed E-state index contributed by atoms with van der Waals surface area (Å²) in [7, 11) is 0. The number of halogens is 2. The number of hydrogen-bond donors (Lipinski definition) is 2. The van der Waals surface area contributed by atoms with Crippen LogP contribution in [0.2, 0.25) is 0 Å². The first-order chi connectivity index (χ1) is 17.0. The van der Waals surface area contributed by atoms with Crippen molar-refractivity contribution in [3.8, 4) is 0 Å². The van der Waals surface area contributed by atoms with Crippen molar-refractivity contribution in [3.63, 3.8) is 0 Å². The van der Waals surface area contributed by atoms with Gasteiger partial charge >= 0.3 is 25.4 Å². The number of thiocarbonyl (C=S) groups is 1. The van der Waals surface area contributed by atoms with Crippen LogP contribution in [-0.2, 0) is 29.0 Å². The third kappa shape index (κ3) is 7.60. The third-order valence-electron chi connectivity index (χ3n) is 10.7. The van der Waals surface area contributed by atoms with Crippen molar-refractivity contribution in [1.82, 2.24) is 5.43 Å². The van der Waals surface area contributed by atoms with E-state index in [-0.39, 0.29) is 66.9 Å². The van der Waals surface area contributed by atoms with Gasteiger partial charge in [0.25, 0.3) is 0 Å². The van der Waals surface area contributed by atoms with E-state index in [9.17, 15) is 4.79 Å². The molecule has 0 saturated heterocycles. The summed E-state index contributed by atoms with van der Waals surface area (Å²) in [4.78, 5) is 11.7. The summed E-state index contributed by atoms with van der Waals surface area (Å²) >= 11 is 5.12. The van der Waals surface area contributed by atoms with Crippen LogP contribution >= 0.6 is 12.2 Å². The minimum Gasteiger partial charge on any atom is -1.00 e. The summed E-state index contributed by atoms with van der Waals surface area (Å²) < 4.78 is 5.65. The second-order valence-electron chi connectivity index (χ2n) is 13.3. The molecule has 0 radical (unpaired) electrons. The normalized spacial score (nSPS) is 36.5. The smallest absolute Gasteiger partial charge is 1.00 e. The fraction of sp³-hybridized carbons (Fsp3) is 0.833.